The van der Waals surface area contributed by atoms with Gasteiger partial charge in [-0.1, -0.05) is 6.92 Å². The second kappa shape index (κ2) is 5.11. The Morgan fingerprint density at radius 3 is 3.00 bits per heavy atom. The third-order valence-electron chi connectivity index (χ3n) is 1.75. The molecule has 1 aromatic rings. The summed E-state index contributed by atoms with van der Waals surface area (Å²) in [6.45, 7) is 2.72. The number of halogens is 1. The fourth-order valence-corrected chi connectivity index (χ4v) is 1.19. The lowest BCUT2D eigenvalue weighted by Crippen LogP contribution is -2.15. The van der Waals surface area contributed by atoms with Crippen LogP contribution < -0.4 is 11.1 Å². The van der Waals surface area contributed by atoms with Crippen LogP contribution in [0.25, 0.3) is 0 Å². The van der Waals surface area contributed by atoms with Crippen LogP contribution >= 0.6 is 15.9 Å². The minimum absolute atomic E-state index is 0.144. The Kier molecular flexibility index (Phi) is 4.09. The van der Waals surface area contributed by atoms with Crippen molar-refractivity contribution < 1.29 is 5.11 Å². The molecule has 0 saturated carbocycles. The van der Waals surface area contributed by atoms with E-state index in [4.69, 9.17) is 10.8 Å². The van der Waals surface area contributed by atoms with Crippen molar-refractivity contribution in [2.24, 2.45) is 5.92 Å². The van der Waals surface area contributed by atoms with Crippen LogP contribution in [0, 0.1) is 5.92 Å². The summed E-state index contributed by atoms with van der Waals surface area (Å²) in [5.41, 5.74) is 5.57. The van der Waals surface area contributed by atoms with E-state index in [1.807, 2.05) is 6.92 Å². The topological polar surface area (TPSA) is 84.1 Å². The number of nitrogens with zero attached hydrogens (tertiary/aromatic N) is 2. The van der Waals surface area contributed by atoms with Crippen molar-refractivity contribution in [3.05, 3.63) is 10.8 Å². The van der Waals surface area contributed by atoms with Crippen LogP contribution in [-0.2, 0) is 0 Å². The number of anilines is 2. The first-order chi connectivity index (χ1) is 6.65. The standard InChI is InChI=1S/C8H13BrN4O/c1-5(3-14)2-11-8-6(9)7(10)12-4-13-8/h4-5,14H,2-3H2,1H3,(H3,10,11,12,13). The van der Waals surface area contributed by atoms with Gasteiger partial charge >= 0.3 is 0 Å². The zero-order valence-corrected chi connectivity index (χ0v) is 9.45. The molecule has 1 aromatic heterocycles. The summed E-state index contributed by atoms with van der Waals surface area (Å²) in [7, 11) is 0. The zero-order chi connectivity index (χ0) is 10.6. The number of aliphatic hydroxyl groups excluding tert-OH is 1. The van der Waals surface area contributed by atoms with E-state index in [1.165, 1.54) is 6.33 Å². The average molecular weight is 261 g/mol. The lowest BCUT2D eigenvalue weighted by Gasteiger charge is -2.11. The predicted octanol–water partition coefficient (Wildman–Crippen LogP) is 0.862. The van der Waals surface area contributed by atoms with Crippen LogP contribution in [0.1, 0.15) is 6.92 Å². The monoisotopic (exact) mass is 260 g/mol. The molecule has 1 atom stereocenters. The number of nitrogen functional groups attached to an aromatic ring is 1. The van der Waals surface area contributed by atoms with Gasteiger partial charge in [-0.05, 0) is 21.8 Å². The lowest BCUT2D eigenvalue weighted by atomic mass is 10.2. The van der Waals surface area contributed by atoms with E-state index in [2.05, 4.69) is 31.2 Å². The molecule has 0 aromatic carbocycles. The smallest absolute Gasteiger partial charge is 0.145 e. The summed E-state index contributed by atoms with van der Waals surface area (Å²) in [6.07, 6.45) is 1.39. The van der Waals surface area contributed by atoms with Gasteiger partial charge in [-0.15, -0.1) is 0 Å². The highest BCUT2D eigenvalue weighted by molar-refractivity contribution is 9.10. The molecule has 0 aliphatic carbocycles. The summed E-state index contributed by atoms with van der Waals surface area (Å²) < 4.78 is 0.658. The Hall–Kier alpha value is -0.880. The quantitative estimate of drug-likeness (QED) is 0.748. The molecule has 0 aliphatic heterocycles. The van der Waals surface area contributed by atoms with Gasteiger partial charge in [0.2, 0.25) is 0 Å². The molecule has 0 spiro atoms. The van der Waals surface area contributed by atoms with Crippen LogP contribution in [-0.4, -0.2) is 28.2 Å². The van der Waals surface area contributed by atoms with Crippen molar-refractivity contribution in [3.8, 4) is 0 Å². The van der Waals surface area contributed by atoms with Crippen LogP contribution in [0.2, 0.25) is 0 Å². The third kappa shape index (κ3) is 2.81. The molecule has 1 rings (SSSR count). The molecule has 6 heteroatoms. The number of rotatable bonds is 4. The number of nitrogens with one attached hydrogen (secondary N) is 1. The maximum Gasteiger partial charge on any atom is 0.145 e. The molecule has 0 aliphatic rings. The minimum Gasteiger partial charge on any atom is -0.396 e. The van der Waals surface area contributed by atoms with Gasteiger partial charge in [0.15, 0.2) is 0 Å². The molecule has 78 valence electrons. The van der Waals surface area contributed by atoms with Gasteiger partial charge in [-0.3, -0.25) is 0 Å². The molecule has 4 N–H and O–H groups in total. The van der Waals surface area contributed by atoms with Gasteiger partial charge < -0.3 is 16.2 Å². The van der Waals surface area contributed by atoms with Crippen molar-refractivity contribution in [1.82, 2.24) is 9.97 Å². The van der Waals surface area contributed by atoms with Crippen LogP contribution in [0.3, 0.4) is 0 Å². The van der Waals surface area contributed by atoms with Gasteiger partial charge in [-0.2, -0.15) is 0 Å². The largest absolute Gasteiger partial charge is 0.396 e. The van der Waals surface area contributed by atoms with Gasteiger partial charge in [0.1, 0.15) is 22.4 Å². The summed E-state index contributed by atoms with van der Waals surface area (Å²) in [4.78, 5) is 7.83. The van der Waals surface area contributed by atoms with Crippen molar-refractivity contribution in [2.45, 2.75) is 6.92 Å². The summed E-state index contributed by atoms with van der Waals surface area (Å²) >= 11 is 3.28. The highest BCUT2D eigenvalue weighted by Crippen LogP contribution is 2.23. The van der Waals surface area contributed by atoms with E-state index in [-0.39, 0.29) is 12.5 Å². The molecule has 5 nitrogen and oxygen atoms in total. The van der Waals surface area contributed by atoms with Gasteiger partial charge in [0.25, 0.3) is 0 Å². The lowest BCUT2D eigenvalue weighted by molar-refractivity contribution is 0.244. The zero-order valence-electron chi connectivity index (χ0n) is 7.87. The van der Waals surface area contributed by atoms with Crippen molar-refractivity contribution in [3.63, 3.8) is 0 Å². The minimum atomic E-state index is 0.144. The summed E-state index contributed by atoms with van der Waals surface area (Å²) in [5.74, 6) is 1.23. The number of aromatic nitrogens is 2. The first-order valence-electron chi connectivity index (χ1n) is 4.25. The van der Waals surface area contributed by atoms with E-state index in [1.54, 1.807) is 0 Å². The molecular weight excluding hydrogens is 248 g/mol. The van der Waals surface area contributed by atoms with E-state index in [0.29, 0.717) is 22.7 Å². The van der Waals surface area contributed by atoms with E-state index >= 15 is 0 Å². The maximum absolute atomic E-state index is 8.83. The molecule has 0 fully saturated rings. The normalized spacial score (nSPS) is 12.5. The van der Waals surface area contributed by atoms with Crippen molar-refractivity contribution in [2.75, 3.05) is 24.2 Å². The number of aliphatic hydroxyl groups is 1. The number of hydrogen-bond acceptors (Lipinski definition) is 5. The maximum atomic E-state index is 8.83. The van der Waals surface area contributed by atoms with Crippen molar-refractivity contribution >= 4 is 27.6 Å². The van der Waals surface area contributed by atoms with E-state index < -0.39 is 0 Å². The van der Waals surface area contributed by atoms with Gasteiger partial charge in [-0.25, -0.2) is 9.97 Å². The van der Waals surface area contributed by atoms with E-state index in [9.17, 15) is 0 Å². The molecule has 0 radical (unpaired) electrons. The van der Waals surface area contributed by atoms with Crippen LogP contribution in [0.15, 0.2) is 10.8 Å². The second-order valence-corrected chi connectivity index (χ2v) is 3.88. The third-order valence-corrected chi connectivity index (χ3v) is 2.53. The fourth-order valence-electron chi connectivity index (χ4n) is 0.842. The molecular formula is C8H13BrN4O. The highest BCUT2D eigenvalue weighted by Gasteiger charge is 2.06. The van der Waals surface area contributed by atoms with Gasteiger partial charge in [0.05, 0.1) is 0 Å². The fraction of sp³-hybridized carbons (Fsp3) is 0.500. The first-order valence-corrected chi connectivity index (χ1v) is 5.05. The summed E-state index contributed by atoms with van der Waals surface area (Å²) in [6, 6.07) is 0. The number of nitrogens with two attached hydrogens (primary N) is 1. The van der Waals surface area contributed by atoms with Gasteiger partial charge in [0, 0.05) is 13.2 Å². The Morgan fingerprint density at radius 2 is 2.36 bits per heavy atom. The SMILES string of the molecule is CC(CO)CNc1ncnc(N)c1Br. The second-order valence-electron chi connectivity index (χ2n) is 3.09. The Morgan fingerprint density at radius 1 is 1.64 bits per heavy atom. The first kappa shape index (κ1) is 11.2. The number of hydrogen-bond donors (Lipinski definition) is 3. The molecule has 0 amide bonds. The van der Waals surface area contributed by atoms with Crippen LogP contribution in [0.5, 0.6) is 0 Å². The predicted molar refractivity (Wildman–Crippen MR) is 58.9 cm³/mol. The molecule has 14 heavy (non-hydrogen) atoms. The molecule has 0 bridgehead atoms. The average Bonchev–Trinajstić information content (AvgIpc) is 2.20. The Labute approximate surface area is 90.9 Å². The van der Waals surface area contributed by atoms with E-state index in [0.717, 1.165) is 0 Å². The highest BCUT2D eigenvalue weighted by atomic mass is 79.9. The molecule has 1 heterocycles. The molecule has 1 unspecified atom stereocenters. The Balaban J connectivity index is 2.63. The Bertz CT molecular complexity index is 307. The van der Waals surface area contributed by atoms with Crippen LogP contribution in [0.4, 0.5) is 11.6 Å². The van der Waals surface area contributed by atoms with Crippen molar-refractivity contribution in [1.29, 1.82) is 0 Å². The molecule has 0 saturated heterocycles. The summed E-state index contributed by atoms with van der Waals surface area (Å²) in [5, 5.41) is 11.9.